The minimum atomic E-state index is -0.125. The number of piperazine rings is 1. The number of aryl methyl sites for hydroxylation is 2. The van der Waals surface area contributed by atoms with E-state index in [2.05, 4.69) is 0 Å². The highest BCUT2D eigenvalue weighted by molar-refractivity contribution is 6.02. The number of amides is 2. The van der Waals surface area contributed by atoms with Gasteiger partial charge in [0.2, 0.25) is 5.91 Å². The van der Waals surface area contributed by atoms with Gasteiger partial charge in [0.25, 0.3) is 5.91 Å². The number of carbonyl (C=O) groups is 2. The Morgan fingerprint density at radius 3 is 2.42 bits per heavy atom. The van der Waals surface area contributed by atoms with Crippen LogP contribution in [0.5, 0.6) is 5.75 Å². The summed E-state index contributed by atoms with van der Waals surface area (Å²) in [5.41, 5.74) is 3.50. The second-order valence-electron chi connectivity index (χ2n) is 6.81. The van der Waals surface area contributed by atoms with Crippen molar-refractivity contribution in [3.8, 4) is 5.75 Å². The first kappa shape index (κ1) is 18.0. The Morgan fingerprint density at radius 1 is 1.12 bits per heavy atom. The summed E-state index contributed by atoms with van der Waals surface area (Å²) >= 11 is 0. The van der Waals surface area contributed by atoms with Crippen molar-refractivity contribution in [2.75, 3.05) is 25.1 Å². The number of carbonyl (C=O) groups excluding carboxylic acids is 2. The molecule has 5 heteroatoms. The molecule has 1 aliphatic heterocycles. The second kappa shape index (κ2) is 7.20. The predicted octanol–water partition coefficient (Wildman–Crippen LogP) is 3.19. The highest BCUT2D eigenvalue weighted by Gasteiger charge is 2.33. The maximum Gasteiger partial charge on any atom is 0.254 e. The van der Waals surface area contributed by atoms with Gasteiger partial charge in [-0.2, -0.15) is 0 Å². The molecule has 5 nitrogen and oxygen atoms in total. The Labute approximate surface area is 154 Å². The lowest BCUT2D eigenvalue weighted by Crippen LogP contribution is -2.57. The van der Waals surface area contributed by atoms with Gasteiger partial charge in [-0.25, -0.2) is 0 Å². The van der Waals surface area contributed by atoms with Crippen molar-refractivity contribution in [3.05, 3.63) is 59.2 Å². The van der Waals surface area contributed by atoms with Crippen LogP contribution in [0.25, 0.3) is 0 Å². The predicted molar refractivity (Wildman–Crippen MR) is 102 cm³/mol. The van der Waals surface area contributed by atoms with Crippen LogP contribution in [0.15, 0.2) is 42.5 Å². The van der Waals surface area contributed by atoms with Crippen LogP contribution in [0.1, 0.15) is 28.4 Å². The van der Waals surface area contributed by atoms with E-state index in [0.29, 0.717) is 12.1 Å². The smallest absolute Gasteiger partial charge is 0.254 e. The Morgan fingerprint density at radius 2 is 1.81 bits per heavy atom. The molecule has 0 aromatic heterocycles. The number of hydrogen-bond donors (Lipinski definition) is 0. The minimum absolute atomic E-state index is 0.0643. The van der Waals surface area contributed by atoms with Crippen LogP contribution in [0, 0.1) is 13.8 Å². The highest BCUT2D eigenvalue weighted by atomic mass is 16.5. The fourth-order valence-electron chi connectivity index (χ4n) is 3.27. The van der Waals surface area contributed by atoms with Crippen LogP contribution in [0.2, 0.25) is 0 Å². The molecule has 2 aromatic carbocycles. The van der Waals surface area contributed by atoms with E-state index in [-0.39, 0.29) is 24.4 Å². The molecule has 136 valence electrons. The molecule has 0 N–H and O–H groups in total. The molecule has 0 radical (unpaired) electrons. The maximum atomic E-state index is 12.9. The minimum Gasteiger partial charge on any atom is -0.496 e. The number of benzene rings is 2. The molecule has 26 heavy (non-hydrogen) atoms. The summed E-state index contributed by atoms with van der Waals surface area (Å²) < 4.78 is 5.25. The third kappa shape index (κ3) is 3.43. The summed E-state index contributed by atoms with van der Waals surface area (Å²) in [6.45, 7) is 6.46. The van der Waals surface area contributed by atoms with E-state index < -0.39 is 0 Å². The van der Waals surface area contributed by atoms with Crippen molar-refractivity contribution in [2.24, 2.45) is 0 Å². The van der Waals surface area contributed by atoms with Crippen molar-refractivity contribution < 1.29 is 14.3 Å². The zero-order valence-corrected chi connectivity index (χ0v) is 15.7. The zero-order chi connectivity index (χ0) is 18.8. The number of methoxy groups -OCH3 is 1. The largest absolute Gasteiger partial charge is 0.496 e. The van der Waals surface area contributed by atoms with Crippen molar-refractivity contribution in [1.29, 1.82) is 0 Å². The molecule has 0 spiro atoms. The summed E-state index contributed by atoms with van der Waals surface area (Å²) in [5.74, 6) is 0.556. The average Bonchev–Trinajstić information content (AvgIpc) is 2.63. The Kier molecular flexibility index (Phi) is 4.98. The molecule has 1 fully saturated rings. The number of ether oxygens (including phenoxy) is 1. The molecule has 1 heterocycles. The fraction of sp³-hybridized carbons (Fsp3) is 0.333. The number of anilines is 1. The number of rotatable bonds is 3. The first-order chi connectivity index (χ1) is 12.4. The maximum absolute atomic E-state index is 12.9. The van der Waals surface area contributed by atoms with E-state index in [4.69, 9.17) is 4.74 Å². The molecule has 0 bridgehead atoms. The fourth-order valence-corrected chi connectivity index (χ4v) is 3.27. The molecule has 1 aliphatic rings. The molecule has 2 aromatic rings. The molecule has 0 unspecified atom stereocenters. The van der Waals surface area contributed by atoms with Gasteiger partial charge in [-0.15, -0.1) is 0 Å². The molecule has 2 amide bonds. The molecule has 0 saturated carbocycles. The lowest BCUT2D eigenvalue weighted by Gasteiger charge is -2.39. The van der Waals surface area contributed by atoms with Crippen molar-refractivity contribution in [3.63, 3.8) is 0 Å². The van der Waals surface area contributed by atoms with Crippen LogP contribution >= 0.6 is 0 Å². The Balaban J connectivity index is 1.78. The van der Waals surface area contributed by atoms with Crippen molar-refractivity contribution in [1.82, 2.24) is 4.90 Å². The van der Waals surface area contributed by atoms with E-state index in [1.807, 2.05) is 51.1 Å². The average molecular weight is 352 g/mol. The van der Waals surface area contributed by atoms with Crippen molar-refractivity contribution in [2.45, 2.75) is 26.8 Å². The van der Waals surface area contributed by atoms with Gasteiger partial charge in [-0.1, -0.05) is 17.7 Å². The normalized spacial score (nSPS) is 17.4. The molecule has 3 rings (SSSR count). The van der Waals surface area contributed by atoms with Crippen LogP contribution in [-0.2, 0) is 4.79 Å². The summed E-state index contributed by atoms with van der Waals surface area (Å²) in [7, 11) is 1.61. The lowest BCUT2D eigenvalue weighted by molar-refractivity contribution is -0.121. The summed E-state index contributed by atoms with van der Waals surface area (Å²) in [4.78, 5) is 29.0. The second-order valence-corrected chi connectivity index (χ2v) is 6.81. The SMILES string of the molecule is COc1ccc(C(=O)N2CC(=O)N(c3ccc(C)cc3)C[C@@H]2C)cc1C. The number of hydrogen-bond acceptors (Lipinski definition) is 3. The van der Waals surface area contributed by atoms with Gasteiger partial charge in [-0.05, 0) is 56.7 Å². The first-order valence-electron chi connectivity index (χ1n) is 8.73. The van der Waals surface area contributed by atoms with E-state index in [1.54, 1.807) is 29.0 Å². The van der Waals surface area contributed by atoms with Gasteiger partial charge < -0.3 is 14.5 Å². The highest BCUT2D eigenvalue weighted by Crippen LogP contribution is 2.24. The molecule has 1 atom stereocenters. The van der Waals surface area contributed by atoms with Gasteiger partial charge in [0, 0.05) is 23.8 Å². The van der Waals surface area contributed by atoms with Crippen LogP contribution < -0.4 is 9.64 Å². The van der Waals surface area contributed by atoms with Gasteiger partial charge in [-0.3, -0.25) is 9.59 Å². The van der Waals surface area contributed by atoms with E-state index in [1.165, 1.54) is 0 Å². The van der Waals surface area contributed by atoms with E-state index >= 15 is 0 Å². The van der Waals surface area contributed by atoms with Gasteiger partial charge >= 0.3 is 0 Å². The Bertz CT molecular complexity index is 830. The number of nitrogens with zero attached hydrogens (tertiary/aromatic N) is 2. The quantitative estimate of drug-likeness (QED) is 0.852. The van der Waals surface area contributed by atoms with Crippen LogP contribution in [0.4, 0.5) is 5.69 Å². The molecular weight excluding hydrogens is 328 g/mol. The third-order valence-electron chi connectivity index (χ3n) is 4.83. The van der Waals surface area contributed by atoms with Gasteiger partial charge in [0.15, 0.2) is 0 Å². The lowest BCUT2D eigenvalue weighted by atomic mass is 10.1. The molecule has 1 saturated heterocycles. The first-order valence-corrected chi connectivity index (χ1v) is 8.73. The monoisotopic (exact) mass is 352 g/mol. The van der Waals surface area contributed by atoms with Crippen molar-refractivity contribution >= 4 is 17.5 Å². The summed E-state index contributed by atoms with van der Waals surface area (Å²) in [6, 6.07) is 13.2. The van der Waals surface area contributed by atoms with E-state index in [0.717, 1.165) is 22.6 Å². The van der Waals surface area contributed by atoms with Gasteiger partial charge in [0.05, 0.1) is 7.11 Å². The standard InChI is InChI=1S/C21H24N2O3/c1-14-5-8-18(9-6-14)23-12-16(3)22(13-20(23)24)21(25)17-7-10-19(26-4)15(2)11-17/h5-11,16H,12-13H2,1-4H3/t16-/m0/s1. The zero-order valence-electron chi connectivity index (χ0n) is 15.7. The molecular formula is C21H24N2O3. The molecule has 0 aliphatic carbocycles. The Hall–Kier alpha value is -2.82. The van der Waals surface area contributed by atoms with E-state index in [9.17, 15) is 9.59 Å². The summed E-state index contributed by atoms with van der Waals surface area (Å²) in [6.07, 6.45) is 0. The summed E-state index contributed by atoms with van der Waals surface area (Å²) in [5, 5.41) is 0. The topological polar surface area (TPSA) is 49.9 Å². The third-order valence-corrected chi connectivity index (χ3v) is 4.83. The van der Waals surface area contributed by atoms with Gasteiger partial charge in [0.1, 0.15) is 12.3 Å². The van der Waals surface area contributed by atoms with Crippen LogP contribution in [-0.4, -0.2) is 43.0 Å². The van der Waals surface area contributed by atoms with Crippen LogP contribution in [0.3, 0.4) is 0 Å².